The van der Waals surface area contributed by atoms with Crippen molar-refractivity contribution >= 4 is 38.8 Å². The van der Waals surface area contributed by atoms with Crippen LogP contribution in [0.1, 0.15) is 20.3 Å². The van der Waals surface area contributed by atoms with E-state index in [-0.39, 0.29) is 16.1 Å². The number of aromatic nitrogens is 2. The minimum absolute atomic E-state index is 0.190. The molecule has 1 saturated heterocycles. The fourth-order valence-electron chi connectivity index (χ4n) is 3.75. The van der Waals surface area contributed by atoms with Crippen LogP contribution in [0.15, 0.2) is 52.5 Å². The summed E-state index contributed by atoms with van der Waals surface area (Å²) in [6.45, 7) is 4.78. The Labute approximate surface area is 191 Å². The molecule has 10 heteroatoms. The number of esters is 1. The summed E-state index contributed by atoms with van der Waals surface area (Å²) in [5, 5.41) is 0.213. The van der Waals surface area contributed by atoms with Crippen molar-refractivity contribution in [2.75, 3.05) is 26.8 Å². The molecule has 170 valence electrons. The van der Waals surface area contributed by atoms with Crippen molar-refractivity contribution < 1.29 is 22.7 Å². The lowest BCUT2D eigenvalue weighted by molar-refractivity contribution is -0.137. The predicted molar refractivity (Wildman–Crippen MR) is 123 cm³/mol. The van der Waals surface area contributed by atoms with Gasteiger partial charge in [0.1, 0.15) is 11.0 Å². The Morgan fingerprint density at radius 2 is 1.97 bits per heavy atom. The highest BCUT2D eigenvalue weighted by Crippen LogP contribution is 2.37. The van der Waals surface area contributed by atoms with Crippen LogP contribution in [-0.2, 0) is 19.6 Å². The molecular formula is C22H25N3O5S2. The van der Waals surface area contributed by atoms with E-state index in [4.69, 9.17) is 14.5 Å². The molecule has 32 heavy (non-hydrogen) atoms. The summed E-state index contributed by atoms with van der Waals surface area (Å²) in [5.74, 6) is 0.376. The number of carbonyl (C=O) groups excluding carboxylic acids is 1. The van der Waals surface area contributed by atoms with E-state index in [9.17, 15) is 13.2 Å². The average Bonchev–Trinajstić information content (AvgIpc) is 3.36. The summed E-state index contributed by atoms with van der Waals surface area (Å²) in [4.78, 5) is 17.0. The number of cyclic esters (lactones) is 1. The second-order valence-electron chi connectivity index (χ2n) is 7.20. The zero-order chi connectivity index (χ0) is 22.9. The molecule has 8 nitrogen and oxygen atoms in total. The zero-order valence-electron chi connectivity index (χ0n) is 18.1. The van der Waals surface area contributed by atoms with Gasteiger partial charge in [-0.3, -0.25) is 9.36 Å². The number of methoxy groups -OCH3 is 1. The molecule has 3 aromatic rings. The number of fused-ring (bicyclic) bond motifs is 1. The molecule has 0 radical (unpaired) electrons. The smallest absolute Gasteiger partial charge is 0.319 e. The summed E-state index contributed by atoms with van der Waals surface area (Å²) in [6, 6.07) is 12.4. The van der Waals surface area contributed by atoms with Crippen LogP contribution >= 0.6 is 11.8 Å². The molecule has 1 fully saturated rings. The van der Waals surface area contributed by atoms with Gasteiger partial charge in [0.05, 0.1) is 35.3 Å². The normalized spacial score (nSPS) is 16.6. The van der Waals surface area contributed by atoms with Crippen molar-refractivity contribution in [1.82, 2.24) is 13.9 Å². The van der Waals surface area contributed by atoms with Gasteiger partial charge in [-0.2, -0.15) is 4.31 Å². The van der Waals surface area contributed by atoms with E-state index in [0.29, 0.717) is 42.5 Å². The van der Waals surface area contributed by atoms with Crippen molar-refractivity contribution in [2.45, 2.75) is 35.6 Å². The largest absolute Gasteiger partial charge is 0.495 e. The molecule has 1 aromatic heterocycles. The van der Waals surface area contributed by atoms with E-state index in [2.05, 4.69) is 0 Å². The van der Waals surface area contributed by atoms with Gasteiger partial charge in [0.25, 0.3) is 0 Å². The molecule has 2 heterocycles. The fraction of sp³-hybridized carbons (Fsp3) is 0.364. The number of hydrogen-bond acceptors (Lipinski definition) is 7. The van der Waals surface area contributed by atoms with Gasteiger partial charge < -0.3 is 9.47 Å². The number of benzene rings is 2. The number of rotatable bonds is 8. The topological polar surface area (TPSA) is 90.7 Å². The molecule has 1 aliphatic heterocycles. The Morgan fingerprint density at radius 1 is 1.22 bits per heavy atom. The minimum Gasteiger partial charge on any atom is -0.495 e. The zero-order valence-corrected chi connectivity index (χ0v) is 19.8. The Hall–Kier alpha value is -2.56. The van der Waals surface area contributed by atoms with E-state index in [0.717, 1.165) is 11.2 Å². The van der Waals surface area contributed by atoms with Crippen molar-refractivity contribution in [1.29, 1.82) is 0 Å². The van der Waals surface area contributed by atoms with Crippen LogP contribution in [0.5, 0.6) is 5.75 Å². The molecule has 0 spiro atoms. The van der Waals surface area contributed by atoms with Crippen LogP contribution in [0.2, 0.25) is 0 Å². The third-order valence-corrected chi connectivity index (χ3v) is 8.64. The molecule has 0 aliphatic carbocycles. The molecule has 1 atom stereocenters. The van der Waals surface area contributed by atoms with E-state index >= 15 is 0 Å². The maximum atomic E-state index is 13.0. The predicted octanol–water partition coefficient (Wildman–Crippen LogP) is 3.47. The number of carbonyl (C=O) groups is 1. The highest BCUT2D eigenvalue weighted by molar-refractivity contribution is 8.00. The van der Waals surface area contributed by atoms with Crippen molar-refractivity contribution in [2.24, 2.45) is 0 Å². The fourth-order valence-corrected chi connectivity index (χ4v) is 6.31. The van der Waals surface area contributed by atoms with E-state index in [1.807, 2.05) is 42.7 Å². The molecule has 1 aliphatic rings. The Balaban J connectivity index is 1.89. The van der Waals surface area contributed by atoms with Crippen LogP contribution in [0, 0.1) is 0 Å². The SMILES string of the molecule is CCN(CC)S(=O)(=O)c1ccc2c(c1)nc(S[C@H]1CCOC1=O)n2-c1ccccc1OC. The monoisotopic (exact) mass is 475 g/mol. The second-order valence-corrected chi connectivity index (χ2v) is 10.3. The van der Waals surface area contributed by atoms with Crippen molar-refractivity contribution in [3.05, 3.63) is 42.5 Å². The number of nitrogens with zero attached hydrogens (tertiary/aromatic N) is 3. The molecule has 0 saturated carbocycles. The first-order chi connectivity index (χ1) is 15.4. The Morgan fingerprint density at radius 3 is 2.62 bits per heavy atom. The third kappa shape index (κ3) is 3.98. The minimum atomic E-state index is -3.63. The maximum Gasteiger partial charge on any atom is 0.319 e. The van der Waals surface area contributed by atoms with Gasteiger partial charge in [0, 0.05) is 19.5 Å². The summed E-state index contributed by atoms with van der Waals surface area (Å²) >= 11 is 1.32. The molecule has 0 amide bonds. The molecule has 0 unspecified atom stereocenters. The van der Waals surface area contributed by atoms with Crippen LogP contribution in [0.3, 0.4) is 0 Å². The highest BCUT2D eigenvalue weighted by Gasteiger charge is 2.31. The lowest BCUT2D eigenvalue weighted by Gasteiger charge is -2.18. The third-order valence-electron chi connectivity index (χ3n) is 5.40. The number of ether oxygens (including phenoxy) is 2. The Kier molecular flexibility index (Phi) is 6.45. The molecule has 2 aromatic carbocycles. The van der Waals surface area contributed by atoms with Gasteiger partial charge in [-0.05, 0) is 30.3 Å². The van der Waals surface area contributed by atoms with E-state index in [1.54, 1.807) is 25.3 Å². The van der Waals surface area contributed by atoms with Gasteiger partial charge >= 0.3 is 5.97 Å². The summed E-state index contributed by atoms with van der Waals surface area (Å²) < 4.78 is 40.0. The number of sulfonamides is 1. The standard InChI is InChI=1S/C22H25N3O5S2/c1-4-24(5-2)32(27,28)15-10-11-17-16(14-15)23-22(31-20-12-13-30-21(20)26)25(17)18-8-6-7-9-19(18)29-3/h6-11,14,20H,4-5,12-13H2,1-3H3/t20-/m0/s1. The van der Waals surface area contributed by atoms with Crippen LogP contribution in [0.25, 0.3) is 16.7 Å². The molecular weight excluding hydrogens is 450 g/mol. The first-order valence-corrected chi connectivity index (χ1v) is 12.7. The summed E-state index contributed by atoms with van der Waals surface area (Å²) in [6.07, 6.45) is 0.597. The van der Waals surface area contributed by atoms with Crippen LogP contribution in [-0.4, -0.2) is 60.3 Å². The quantitative estimate of drug-likeness (QED) is 0.461. The van der Waals surface area contributed by atoms with E-state index < -0.39 is 10.0 Å². The second kappa shape index (κ2) is 9.13. The number of thioether (sulfide) groups is 1. The summed E-state index contributed by atoms with van der Waals surface area (Å²) in [5.41, 5.74) is 2.01. The highest BCUT2D eigenvalue weighted by atomic mass is 32.2. The number of imidazole rings is 1. The van der Waals surface area contributed by atoms with Gasteiger partial charge in [-0.1, -0.05) is 37.7 Å². The lowest BCUT2D eigenvalue weighted by atomic mass is 10.2. The van der Waals surface area contributed by atoms with Gasteiger partial charge in [0.15, 0.2) is 5.16 Å². The number of para-hydroxylation sites is 2. The van der Waals surface area contributed by atoms with E-state index in [1.165, 1.54) is 16.1 Å². The van der Waals surface area contributed by atoms with Gasteiger partial charge in [0.2, 0.25) is 10.0 Å². The number of hydrogen-bond donors (Lipinski definition) is 0. The van der Waals surface area contributed by atoms with Crippen LogP contribution < -0.4 is 4.74 Å². The van der Waals surface area contributed by atoms with Crippen LogP contribution in [0.4, 0.5) is 0 Å². The molecule has 4 rings (SSSR count). The molecule has 0 N–H and O–H groups in total. The first-order valence-electron chi connectivity index (χ1n) is 10.4. The lowest BCUT2D eigenvalue weighted by Crippen LogP contribution is -2.30. The van der Waals surface area contributed by atoms with Gasteiger partial charge in [-0.15, -0.1) is 0 Å². The van der Waals surface area contributed by atoms with Crippen molar-refractivity contribution in [3.8, 4) is 11.4 Å². The average molecular weight is 476 g/mol. The molecule has 0 bridgehead atoms. The maximum absolute atomic E-state index is 13.0. The van der Waals surface area contributed by atoms with Crippen molar-refractivity contribution in [3.63, 3.8) is 0 Å². The Bertz CT molecular complexity index is 1250. The van der Waals surface area contributed by atoms with Gasteiger partial charge in [-0.25, -0.2) is 13.4 Å². The summed E-state index contributed by atoms with van der Waals surface area (Å²) in [7, 11) is -2.04. The first kappa shape index (κ1) is 22.6.